The summed E-state index contributed by atoms with van der Waals surface area (Å²) in [6, 6.07) is 0. The van der Waals surface area contributed by atoms with Gasteiger partial charge in [-0.15, -0.1) is 0 Å². The van der Waals surface area contributed by atoms with E-state index in [9.17, 15) is 0 Å². The van der Waals surface area contributed by atoms with Crippen LogP contribution in [0, 0.1) is 0 Å². The van der Waals surface area contributed by atoms with Gasteiger partial charge in [0.1, 0.15) is 0 Å². The minimum absolute atomic E-state index is 0.572. The lowest BCUT2D eigenvalue weighted by atomic mass is 10.5. The van der Waals surface area contributed by atoms with E-state index in [2.05, 4.69) is 85.7 Å². The molecule has 0 saturated carbocycles. The van der Waals surface area contributed by atoms with Gasteiger partial charge in [-0.05, 0) is 41.8 Å². The molecule has 1 N–H and O–H groups in total. The SMILES string of the molecule is CCN[Si](O[Si](C(C)C)(C(C)C)N(CC)CC)(C(C)C)C(C)C. The predicted molar refractivity (Wildman–Crippen MR) is 110 cm³/mol. The third-order valence-electron chi connectivity index (χ3n) is 5.41. The molecule has 0 aliphatic rings. The first kappa shape index (κ1) is 23.3. The van der Waals surface area contributed by atoms with Gasteiger partial charge < -0.3 is 13.7 Å². The van der Waals surface area contributed by atoms with Gasteiger partial charge in [-0.3, -0.25) is 0 Å². The number of nitrogens with one attached hydrogen (secondary N) is 1. The maximum absolute atomic E-state index is 7.45. The molecular weight excluding hydrogens is 316 g/mol. The van der Waals surface area contributed by atoms with E-state index in [0.29, 0.717) is 22.2 Å². The average Bonchev–Trinajstić information content (AvgIpc) is 2.44. The summed E-state index contributed by atoms with van der Waals surface area (Å²) in [5.41, 5.74) is 2.32. The van der Waals surface area contributed by atoms with Crippen molar-refractivity contribution in [3.63, 3.8) is 0 Å². The molecule has 140 valence electrons. The van der Waals surface area contributed by atoms with Crippen molar-refractivity contribution in [2.45, 2.75) is 98.3 Å². The van der Waals surface area contributed by atoms with Gasteiger partial charge >= 0.3 is 0 Å². The van der Waals surface area contributed by atoms with E-state index in [1.807, 2.05) is 0 Å². The first-order chi connectivity index (χ1) is 10.6. The lowest BCUT2D eigenvalue weighted by Crippen LogP contribution is -2.71. The third-order valence-corrected chi connectivity index (χ3v) is 17.3. The van der Waals surface area contributed by atoms with Crippen LogP contribution in [0.4, 0.5) is 0 Å². The molecular formula is C18H44N2OSi2. The second kappa shape index (κ2) is 9.71. The van der Waals surface area contributed by atoms with Crippen molar-refractivity contribution in [1.82, 2.24) is 9.55 Å². The van der Waals surface area contributed by atoms with Gasteiger partial charge in [0, 0.05) is 0 Å². The fourth-order valence-corrected chi connectivity index (χ4v) is 17.5. The second-order valence-electron chi connectivity index (χ2n) is 7.97. The molecule has 0 heterocycles. The minimum Gasteiger partial charge on any atom is -0.431 e. The normalized spacial score (nSPS) is 14.1. The van der Waals surface area contributed by atoms with E-state index in [1.54, 1.807) is 0 Å². The molecule has 0 saturated heterocycles. The summed E-state index contributed by atoms with van der Waals surface area (Å²) in [5.74, 6) is 0. The molecule has 0 unspecified atom stereocenters. The monoisotopic (exact) mass is 360 g/mol. The van der Waals surface area contributed by atoms with Crippen LogP contribution in [-0.4, -0.2) is 41.2 Å². The highest BCUT2D eigenvalue weighted by Gasteiger charge is 2.55. The zero-order chi connectivity index (χ0) is 18.4. The molecule has 5 heteroatoms. The number of hydrogen-bond donors (Lipinski definition) is 1. The van der Waals surface area contributed by atoms with Crippen molar-refractivity contribution in [3.8, 4) is 0 Å². The summed E-state index contributed by atoms with van der Waals surface area (Å²) in [6.45, 7) is 29.0. The Kier molecular flexibility index (Phi) is 9.84. The molecule has 3 nitrogen and oxygen atoms in total. The standard InChI is InChI=1S/C18H44N2OSi2/c1-12-19-22(15(4)5,16(6)7)21-23(17(8)9,18(10)11)20(13-2)14-3/h15-19H,12-14H2,1-11H3. The summed E-state index contributed by atoms with van der Waals surface area (Å²) >= 11 is 0. The van der Waals surface area contributed by atoms with E-state index in [0.717, 1.165) is 19.6 Å². The van der Waals surface area contributed by atoms with Crippen LogP contribution in [0.25, 0.3) is 0 Å². The Hall–Kier alpha value is 0.314. The molecule has 0 aromatic rings. The molecule has 23 heavy (non-hydrogen) atoms. The molecule has 0 aromatic carbocycles. The fourth-order valence-electron chi connectivity index (χ4n) is 4.31. The highest BCUT2D eigenvalue weighted by molar-refractivity contribution is 6.87. The Labute approximate surface area is 149 Å². The van der Waals surface area contributed by atoms with Gasteiger partial charge in [0.15, 0.2) is 0 Å². The quantitative estimate of drug-likeness (QED) is 0.494. The Balaban J connectivity index is 6.16. The van der Waals surface area contributed by atoms with Gasteiger partial charge in [-0.25, -0.2) is 0 Å². The van der Waals surface area contributed by atoms with Crippen LogP contribution >= 0.6 is 0 Å². The van der Waals surface area contributed by atoms with Crippen molar-refractivity contribution in [3.05, 3.63) is 0 Å². The molecule has 0 atom stereocenters. The number of hydrogen-bond acceptors (Lipinski definition) is 3. The molecule has 0 amide bonds. The lowest BCUT2D eigenvalue weighted by Gasteiger charge is -2.53. The fraction of sp³-hybridized carbons (Fsp3) is 1.00. The summed E-state index contributed by atoms with van der Waals surface area (Å²) in [5, 5.41) is 0. The van der Waals surface area contributed by atoms with Crippen molar-refractivity contribution in [2.24, 2.45) is 0 Å². The average molecular weight is 361 g/mol. The number of nitrogens with zero attached hydrogens (tertiary/aromatic N) is 1. The van der Waals surface area contributed by atoms with Gasteiger partial charge in [0.25, 0.3) is 17.0 Å². The highest BCUT2D eigenvalue weighted by Crippen LogP contribution is 2.43. The highest BCUT2D eigenvalue weighted by atomic mass is 28.4. The second-order valence-corrected chi connectivity index (χ2v) is 17.5. The van der Waals surface area contributed by atoms with Crippen LogP contribution in [0.1, 0.15) is 76.2 Å². The van der Waals surface area contributed by atoms with E-state index in [1.165, 1.54) is 0 Å². The van der Waals surface area contributed by atoms with Gasteiger partial charge in [-0.1, -0.05) is 76.2 Å². The van der Waals surface area contributed by atoms with Crippen molar-refractivity contribution >= 4 is 17.0 Å². The van der Waals surface area contributed by atoms with Crippen LogP contribution in [0.15, 0.2) is 0 Å². The molecule has 0 fully saturated rings. The van der Waals surface area contributed by atoms with Crippen LogP contribution in [0.3, 0.4) is 0 Å². The summed E-state index contributed by atoms with van der Waals surface area (Å²) in [7, 11) is -4.08. The van der Waals surface area contributed by atoms with E-state index < -0.39 is 17.0 Å². The molecule has 0 aliphatic heterocycles. The summed E-state index contributed by atoms with van der Waals surface area (Å²) in [6.07, 6.45) is 0. The number of rotatable bonds is 11. The van der Waals surface area contributed by atoms with Gasteiger partial charge in [-0.2, -0.15) is 0 Å². The van der Waals surface area contributed by atoms with Crippen LogP contribution < -0.4 is 4.98 Å². The Morgan fingerprint density at radius 2 is 1.13 bits per heavy atom. The molecule has 0 bridgehead atoms. The molecule has 0 aromatic heterocycles. The van der Waals surface area contributed by atoms with Crippen LogP contribution in [0.2, 0.25) is 22.2 Å². The van der Waals surface area contributed by atoms with Crippen molar-refractivity contribution in [1.29, 1.82) is 0 Å². The molecule has 0 spiro atoms. The largest absolute Gasteiger partial charge is 0.431 e. The molecule has 0 radical (unpaired) electrons. The van der Waals surface area contributed by atoms with Gasteiger partial charge in [0.05, 0.1) is 0 Å². The summed E-state index contributed by atoms with van der Waals surface area (Å²) < 4.78 is 10.1. The molecule has 0 rings (SSSR count). The first-order valence-corrected chi connectivity index (χ1v) is 13.8. The van der Waals surface area contributed by atoms with Crippen LogP contribution in [0.5, 0.6) is 0 Å². The Morgan fingerprint density at radius 3 is 1.35 bits per heavy atom. The van der Waals surface area contributed by atoms with E-state index in [-0.39, 0.29) is 0 Å². The third kappa shape index (κ3) is 4.69. The topological polar surface area (TPSA) is 24.5 Å². The zero-order valence-corrected chi connectivity index (χ0v) is 19.8. The Bertz CT molecular complexity index is 313. The first-order valence-electron chi connectivity index (χ1n) is 9.76. The zero-order valence-electron chi connectivity index (χ0n) is 17.8. The smallest absolute Gasteiger partial charge is 0.267 e. The maximum atomic E-state index is 7.45. The van der Waals surface area contributed by atoms with Gasteiger partial charge in [0.2, 0.25) is 0 Å². The Morgan fingerprint density at radius 1 is 0.739 bits per heavy atom. The van der Waals surface area contributed by atoms with Crippen molar-refractivity contribution in [2.75, 3.05) is 19.6 Å². The van der Waals surface area contributed by atoms with E-state index >= 15 is 0 Å². The summed E-state index contributed by atoms with van der Waals surface area (Å²) in [4.78, 5) is 3.89. The van der Waals surface area contributed by atoms with E-state index in [4.69, 9.17) is 4.12 Å². The maximum Gasteiger partial charge on any atom is 0.267 e. The minimum atomic E-state index is -2.05. The lowest BCUT2D eigenvalue weighted by molar-refractivity contribution is 0.316. The molecule has 0 aliphatic carbocycles. The predicted octanol–water partition coefficient (Wildman–Crippen LogP) is 5.48. The van der Waals surface area contributed by atoms with Crippen molar-refractivity contribution < 1.29 is 4.12 Å². The van der Waals surface area contributed by atoms with Crippen LogP contribution in [-0.2, 0) is 4.12 Å².